The van der Waals surface area contributed by atoms with Gasteiger partial charge in [0.2, 0.25) is 0 Å². The number of halogens is 10. The average molecular weight is 2330 g/mol. The number of fused-ring (bicyclic) bond motifs is 2. The number of aromatic carboxylic acids is 2. The van der Waals surface area contributed by atoms with Gasteiger partial charge in [-0.2, -0.15) is 64.8 Å². The second-order valence-corrected chi connectivity index (χ2v) is 44.5. The molecule has 0 saturated carbocycles. The predicted octanol–water partition coefficient (Wildman–Crippen LogP) is 23.5. The van der Waals surface area contributed by atoms with E-state index in [1.807, 2.05) is 101 Å². The third-order valence-electron chi connectivity index (χ3n) is 18.1. The molecule has 0 spiro atoms. The Bertz CT molecular complexity index is 5680. The van der Waals surface area contributed by atoms with E-state index in [-0.39, 0.29) is 91.2 Å². The van der Waals surface area contributed by atoms with Crippen LogP contribution in [0, 0.1) is 0 Å². The summed E-state index contributed by atoms with van der Waals surface area (Å²) >= 11 is 21.4. The van der Waals surface area contributed by atoms with E-state index in [1.165, 1.54) is 72.0 Å². The third kappa shape index (κ3) is 46.9. The Hall–Kier alpha value is -7.47. The molecule has 4 aliphatic heterocycles. The summed E-state index contributed by atoms with van der Waals surface area (Å²) in [7, 11) is -14.7. The van der Waals surface area contributed by atoms with E-state index in [0.717, 1.165) is 119 Å². The van der Waals surface area contributed by atoms with Crippen LogP contribution in [0.3, 0.4) is 0 Å². The van der Waals surface area contributed by atoms with Crippen molar-refractivity contribution in [1.29, 1.82) is 0 Å². The summed E-state index contributed by atoms with van der Waals surface area (Å²) in [6.45, 7) is 25.3. The number of thioether (sulfide) groups is 5. The number of hydrogen-bond acceptors (Lipinski definition) is 34. The van der Waals surface area contributed by atoms with Gasteiger partial charge in [-0.25, -0.2) is 9.59 Å². The van der Waals surface area contributed by atoms with Crippen LogP contribution in [0.5, 0.6) is 40.2 Å². The van der Waals surface area contributed by atoms with Crippen molar-refractivity contribution in [3.8, 4) is 40.2 Å². The number of phenols is 4. The van der Waals surface area contributed by atoms with Crippen molar-refractivity contribution in [3.63, 3.8) is 0 Å². The van der Waals surface area contributed by atoms with Crippen molar-refractivity contribution in [2.45, 2.75) is 244 Å². The molecule has 28 nitrogen and oxygen atoms in total. The number of carbonyl (C=O) groups is 6. The standard InChI is InChI=1S/C17H25BO3S.C12H13F3O4S2.C11H14O2S.C10H10O3S.C9H10OS.C7H6O3S.C7H8O2S.C7H6O2S.C4H7BO.C4H9Br.C2F6O5S2.CH4.Mn.2O/c1-6-7-11-22-14-10-8-9-13(12-19)15(14)18-20-16(2,3)17(4,5)21-18;1-2-3-7-20-10-6-4-5-9(8-16)11(10)19-21(17,18)12(13,14)15;1-2-3-7-14-10-6-4-5-9(8-12)11(10)13;1-10(2)13-8-6(9(11)12)4-3-5-7(8)14-10;1-9(2)10-7-5-3-4-6-8(7)11-9;8-6-4(7(9)10)2-1-3-5(6)11;2*8-4-5-2-1-3-6(10)7(5)9;5-4-2-1-3-6-4;1-2-3-4-5;3-1(4,5)14(9,10)13-15(11,12)2(6,7)8;;;;/h8-10,12H,6-7,11H2,1-5H3;4-6,8H,2-3,7H2,1H3;4-6,8,13H,2-3,7H2,1H3;3-5H,1-2H3,(H,11,12);3-6H,1-2H3;1-3,8,11H,(H,9,10);1-3,8-10H,4H2;1-4,9-10H;4H,1-3H2;2-4H2,1H3;;1H4;;;. The molecule has 793 valence electrons. The van der Waals surface area contributed by atoms with Crippen molar-refractivity contribution in [2.24, 2.45) is 0 Å². The molecule has 12 rings (SSSR count). The summed E-state index contributed by atoms with van der Waals surface area (Å²) in [6.07, 6.45) is 13.4. The number of carboxylic acid groups (broad SMARTS) is 2. The number of aliphatic hydroxyl groups excluding tert-OH is 1. The van der Waals surface area contributed by atoms with Crippen LogP contribution in [0.1, 0.15) is 222 Å². The molecule has 4 heterocycles. The van der Waals surface area contributed by atoms with Crippen LogP contribution < -0.4 is 19.1 Å². The molecule has 0 aromatic heterocycles. The van der Waals surface area contributed by atoms with E-state index in [4.69, 9.17) is 69.7 Å². The zero-order chi connectivity index (χ0) is 109. The van der Waals surface area contributed by atoms with Gasteiger partial charge in [0.05, 0.1) is 49.2 Å². The van der Waals surface area contributed by atoms with Crippen LogP contribution >= 0.6 is 113 Å². The van der Waals surface area contributed by atoms with Crippen LogP contribution in [0.2, 0.25) is 0 Å². The van der Waals surface area contributed by atoms with E-state index in [2.05, 4.69) is 98.7 Å². The number of aldehydes is 4. The Morgan fingerprint density at radius 2 is 0.902 bits per heavy atom. The van der Waals surface area contributed by atoms with Gasteiger partial charge < -0.3 is 63.4 Å². The fourth-order valence-corrected chi connectivity index (χ4v) is 19.1. The molecule has 8 aromatic rings. The second kappa shape index (κ2) is 65.4. The number of carboxylic acids is 2. The Morgan fingerprint density at radius 1 is 0.517 bits per heavy atom. The molecule has 2 saturated heterocycles. The molecule has 0 aliphatic carbocycles. The molecule has 8 aromatic carbocycles. The van der Waals surface area contributed by atoms with Crippen molar-refractivity contribution >= 4 is 200 Å². The molecule has 2 radical (unpaired) electrons. The van der Waals surface area contributed by atoms with Crippen LogP contribution in [0.25, 0.3) is 0 Å². The molecule has 2 fully saturated rings. The molecule has 7 N–H and O–H groups in total. The summed E-state index contributed by atoms with van der Waals surface area (Å²) in [5, 5.41) is 64.2. The van der Waals surface area contributed by atoms with Crippen molar-refractivity contribution in [3.05, 3.63) is 191 Å². The number of carbonyl (C=O) groups excluding carboxylic acids is 4. The first kappa shape index (κ1) is 136. The van der Waals surface area contributed by atoms with Gasteiger partial charge in [0.25, 0.3) is 0 Å². The van der Waals surface area contributed by atoms with Crippen molar-refractivity contribution in [1.82, 2.24) is 0 Å². The van der Waals surface area contributed by atoms with Crippen molar-refractivity contribution in [2.75, 3.05) is 29.2 Å². The van der Waals surface area contributed by atoms with E-state index in [0.29, 0.717) is 50.6 Å². The first-order valence-corrected chi connectivity index (χ1v) is 54.2. The molecular formula is C91H112B2BrF9MnO28S11. The van der Waals surface area contributed by atoms with Gasteiger partial charge in [-0.15, -0.1) is 76.8 Å². The third-order valence-corrected chi connectivity index (χ3v) is 28.9. The molecule has 1 atom stereocenters. The Morgan fingerprint density at radius 3 is 1.31 bits per heavy atom. The molecule has 52 heteroatoms. The van der Waals surface area contributed by atoms with Crippen LogP contribution in [0.4, 0.5) is 39.5 Å². The van der Waals surface area contributed by atoms with E-state index >= 15 is 0 Å². The number of thiol groups is 3. The fourth-order valence-electron chi connectivity index (χ4n) is 10.3. The van der Waals surface area contributed by atoms with Gasteiger partial charge in [0.1, 0.15) is 59.8 Å². The number of ether oxygens (including phenoxy) is 3. The zero-order valence-corrected chi connectivity index (χ0v) is 90.2. The summed E-state index contributed by atoms with van der Waals surface area (Å²) in [5.74, 6) is 1.25. The summed E-state index contributed by atoms with van der Waals surface area (Å²) in [6, 6.07) is 42.7. The Balaban J connectivity index is 0.00000157. The monoisotopic (exact) mass is 2330 g/mol. The van der Waals surface area contributed by atoms with E-state index in [1.54, 1.807) is 89.9 Å². The molecule has 1 unspecified atom stereocenters. The number of hydrogen-bond donors (Lipinski definition) is 10. The molecule has 4 aliphatic rings. The minimum atomic E-state index is -6.85. The summed E-state index contributed by atoms with van der Waals surface area (Å²) in [4.78, 5) is 69.3. The number of para-hydroxylation sites is 7. The number of unbranched alkanes of at least 4 members (excludes halogenated alkanes) is 4. The van der Waals surface area contributed by atoms with Crippen LogP contribution in [-0.4, -0.2) is 186 Å². The Labute approximate surface area is 880 Å². The average Bonchev–Trinajstić information content (AvgIpc) is 1.61. The number of benzene rings is 8. The van der Waals surface area contributed by atoms with Gasteiger partial charge in [0, 0.05) is 59.0 Å². The molecule has 143 heavy (non-hydrogen) atoms. The van der Waals surface area contributed by atoms with Crippen molar-refractivity contribution < 1.29 is 183 Å². The second-order valence-electron chi connectivity index (χ2n) is 30.5. The number of rotatable bonds is 26. The Kier molecular flexibility index (Phi) is 62.0. The topological polar surface area (TPSA) is 445 Å². The van der Waals surface area contributed by atoms with Gasteiger partial charge in [-0.05, 0) is 196 Å². The molecule has 0 bridgehead atoms. The van der Waals surface area contributed by atoms with E-state index in [9.17, 15) is 98.6 Å². The number of phenolic OH excluding ortho intramolecular Hbond substituents is 2. The SMILES string of the molecule is C.CC1(C)Oc2c(cccc2C(=O)O)S1.CC1(C)Oc2ccccc2S1.CCCCBr.CCCCSc1cccc(C=O)c1B1OC(C)(C)C(C)(C)O1.CCCCSc1cccc(C=O)c1O.CCCCSc1cccc(C=O)c1OS(=O)(=O)C(F)(F)F.O=C(O)c1cccc(S)c1O.O=Cc1cccc(S)c1O.O=S(=O)(OS(=O)(=O)C(F)(F)F)C(F)(F)F.OCc1cccc(S)c1O.[B]C1CCCO1.[O]=[Mn]=[O]. The van der Waals surface area contributed by atoms with Crippen LogP contribution in [-0.2, 0) is 77.1 Å². The number of alkyl halides is 10. The molecular weight excluding hydrogens is 2220 g/mol. The normalized spacial score (nSPS) is 14.4. The van der Waals surface area contributed by atoms with Gasteiger partial charge in [-0.3, -0.25) is 19.2 Å². The van der Waals surface area contributed by atoms with Gasteiger partial charge in [-0.1, -0.05) is 167 Å². The quantitative estimate of drug-likeness (QED) is 0.00277. The minimum absolute atomic E-state index is 0. The summed E-state index contributed by atoms with van der Waals surface area (Å²) in [5.41, 5.74) is -16.3. The maximum absolute atomic E-state index is 12.4. The maximum atomic E-state index is 12.4. The van der Waals surface area contributed by atoms with Gasteiger partial charge in [0.15, 0.2) is 34.5 Å². The molecule has 0 amide bonds. The van der Waals surface area contributed by atoms with E-state index < -0.39 is 97.7 Å². The van der Waals surface area contributed by atoms with Gasteiger partial charge >= 0.3 is 88.4 Å². The number of aliphatic hydroxyl groups is 1. The van der Waals surface area contributed by atoms with Crippen LogP contribution in [0.15, 0.2) is 191 Å². The first-order valence-electron chi connectivity index (χ1n) is 41.9. The number of aromatic hydroxyl groups is 4. The fraction of sp³-hybridized carbons (Fsp3) is 0.407. The zero-order valence-electron chi connectivity index (χ0n) is 78.3. The summed E-state index contributed by atoms with van der Waals surface area (Å²) < 4.78 is 219. The predicted molar refractivity (Wildman–Crippen MR) is 543 cm³/mol. The first-order chi connectivity index (χ1) is 66.1.